The van der Waals surface area contributed by atoms with Crippen molar-refractivity contribution in [1.82, 2.24) is 15.2 Å². The van der Waals surface area contributed by atoms with Crippen molar-refractivity contribution >= 4 is 5.69 Å². The largest absolute Gasteiger partial charge is 0.380 e. The maximum atomic E-state index is 4.17. The van der Waals surface area contributed by atoms with Gasteiger partial charge in [-0.25, -0.2) is 0 Å². The molecule has 0 spiro atoms. The van der Waals surface area contributed by atoms with Crippen LogP contribution in [0.2, 0.25) is 0 Å². The first-order valence-electron chi connectivity index (χ1n) is 5.33. The van der Waals surface area contributed by atoms with Crippen molar-refractivity contribution in [2.75, 3.05) is 5.32 Å². The number of aromatic amines is 1. The van der Waals surface area contributed by atoms with Crippen molar-refractivity contribution in [1.29, 1.82) is 0 Å². The number of H-pyrrole nitrogens is 1. The highest BCUT2D eigenvalue weighted by molar-refractivity contribution is 5.43. The molecule has 2 rings (SSSR count). The fourth-order valence-electron chi connectivity index (χ4n) is 1.68. The van der Waals surface area contributed by atoms with Crippen LogP contribution in [0.1, 0.15) is 22.5 Å². The van der Waals surface area contributed by atoms with E-state index in [2.05, 4.69) is 26.6 Å². The summed E-state index contributed by atoms with van der Waals surface area (Å²) in [5, 5.41) is 10.5. The molecule has 0 radical (unpaired) electrons. The first kappa shape index (κ1) is 10.7. The van der Waals surface area contributed by atoms with Crippen LogP contribution in [-0.4, -0.2) is 15.2 Å². The van der Waals surface area contributed by atoms with E-state index in [0.717, 1.165) is 29.2 Å². The van der Waals surface area contributed by atoms with Crippen molar-refractivity contribution < 1.29 is 0 Å². The molecule has 2 aromatic rings. The molecule has 0 bridgehead atoms. The van der Waals surface area contributed by atoms with Gasteiger partial charge in [0.1, 0.15) is 0 Å². The molecule has 2 N–H and O–H groups in total. The van der Waals surface area contributed by atoms with Gasteiger partial charge in [-0.2, -0.15) is 5.10 Å². The number of hydrogen-bond donors (Lipinski definition) is 2. The summed E-state index contributed by atoms with van der Waals surface area (Å²) < 4.78 is 0. The van der Waals surface area contributed by atoms with Gasteiger partial charge >= 0.3 is 0 Å². The molecule has 0 aliphatic heterocycles. The number of aromatic nitrogens is 3. The van der Waals surface area contributed by atoms with E-state index >= 15 is 0 Å². The summed E-state index contributed by atoms with van der Waals surface area (Å²) in [7, 11) is 0. The first-order valence-corrected chi connectivity index (χ1v) is 5.33. The van der Waals surface area contributed by atoms with E-state index in [1.54, 1.807) is 0 Å². The molecular formula is C12H16N4. The molecular weight excluding hydrogens is 200 g/mol. The number of nitrogens with zero attached hydrogens (tertiary/aromatic N) is 2. The molecule has 16 heavy (non-hydrogen) atoms. The number of anilines is 1. The zero-order chi connectivity index (χ0) is 11.5. The van der Waals surface area contributed by atoms with Crippen LogP contribution in [0.5, 0.6) is 0 Å². The summed E-state index contributed by atoms with van der Waals surface area (Å²) in [5.41, 5.74) is 5.59. The number of nitrogens with one attached hydrogen (secondary N) is 2. The van der Waals surface area contributed by atoms with Gasteiger partial charge in [-0.1, -0.05) is 0 Å². The molecule has 2 heterocycles. The highest BCUT2D eigenvalue weighted by atomic mass is 15.1. The molecule has 84 valence electrons. The van der Waals surface area contributed by atoms with E-state index in [-0.39, 0.29) is 0 Å². The molecule has 4 nitrogen and oxygen atoms in total. The van der Waals surface area contributed by atoms with Gasteiger partial charge in [-0.3, -0.25) is 10.1 Å². The molecule has 0 amide bonds. The SMILES string of the molecule is Cc1cncc(NCc2c(C)n[nH]c2C)c1. The lowest BCUT2D eigenvalue weighted by Gasteiger charge is -2.06. The number of hydrogen-bond acceptors (Lipinski definition) is 3. The van der Waals surface area contributed by atoms with Crippen LogP contribution in [0.25, 0.3) is 0 Å². The van der Waals surface area contributed by atoms with Gasteiger partial charge in [0.25, 0.3) is 0 Å². The Balaban J connectivity index is 2.08. The van der Waals surface area contributed by atoms with Crippen LogP contribution >= 0.6 is 0 Å². The van der Waals surface area contributed by atoms with Crippen molar-refractivity contribution in [3.05, 3.63) is 41.0 Å². The Bertz CT molecular complexity index is 468. The van der Waals surface area contributed by atoms with E-state index < -0.39 is 0 Å². The standard InChI is InChI=1S/C12H16N4/c1-8-4-11(6-13-5-8)14-7-12-9(2)15-16-10(12)3/h4-6,14H,7H2,1-3H3,(H,15,16). The molecule has 0 aliphatic carbocycles. The second kappa shape index (κ2) is 4.35. The van der Waals surface area contributed by atoms with Crippen molar-refractivity contribution in [2.45, 2.75) is 27.3 Å². The molecule has 0 aromatic carbocycles. The normalized spacial score (nSPS) is 10.4. The summed E-state index contributed by atoms with van der Waals surface area (Å²) >= 11 is 0. The summed E-state index contributed by atoms with van der Waals surface area (Å²) in [6.07, 6.45) is 3.68. The van der Waals surface area contributed by atoms with Gasteiger partial charge in [-0.05, 0) is 32.4 Å². The first-order chi connectivity index (χ1) is 7.66. The van der Waals surface area contributed by atoms with E-state index in [1.165, 1.54) is 5.56 Å². The molecule has 0 aliphatic rings. The van der Waals surface area contributed by atoms with Crippen LogP contribution in [0.15, 0.2) is 18.5 Å². The fraction of sp³-hybridized carbons (Fsp3) is 0.333. The molecule has 0 fully saturated rings. The summed E-state index contributed by atoms with van der Waals surface area (Å²) in [5.74, 6) is 0. The van der Waals surface area contributed by atoms with Gasteiger partial charge in [0.05, 0.1) is 11.4 Å². The predicted molar refractivity (Wildman–Crippen MR) is 64.4 cm³/mol. The average Bonchev–Trinajstić information content (AvgIpc) is 2.56. The maximum absolute atomic E-state index is 4.17. The smallest absolute Gasteiger partial charge is 0.0643 e. The average molecular weight is 216 g/mol. The highest BCUT2D eigenvalue weighted by Gasteiger charge is 2.05. The Kier molecular flexibility index (Phi) is 2.90. The Labute approximate surface area is 95.1 Å². The quantitative estimate of drug-likeness (QED) is 0.828. The monoisotopic (exact) mass is 216 g/mol. The second-order valence-corrected chi connectivity index (χ2v) is 4.02. The predicted octanol–water partition coefficient (Wildman–Crippen LogP) is 2.34. The Morgan fingerprint density at radius 1 is 1.25 bits per heavy atom. The summed E-state index contributed by atoms with van der Waals surface area (Å²) in [4.78, 5) is 4.14. The third kappa shape index (κ3) is 2.21. The van der Waals surface area contributed by atoms with Crippen LogP contribution in [0.3, 0.4) is 0 Å². The molecule has 0 atom stereocenters. The number of aryl methyl sites for hydroxylation is 3. The van der Waals surface area contributed by atoms with Gasteiger partial charge in [0, 0.05) is 30.2 Å². The van der Waals surface area contributed by atoms with E-state index in [0.29, 0.717) is 0 Å². The maximum Gasteiger partial charge on any atom is 0.0643 e. The molecule has 0 saturated heterocycles. The zero-order valence-electron chi connectivity index (χ0n) is 9.83. The van der Waals surface area contributed by atoms with Crippen molar-refractivity contribution in [3.8, 4) is 0 Å². The number of rotatable bonds is 3. The lowest BCUT2D eigenvalue weighted by atomic mass is 10.2. The van der Waals surface area contributed by atoms with Gasteiger partial charge < -0.3 is 5.32 Å². The highest BCUT2D eigenvalue weighted by Crippen LogP contribution is 2.13. The van der Waals surface area contributed by atoms with E-state index in [9.17, 15) is 0 Å². The van der Waals surface area contributed by atoms with Gasteiger partial charge in [0.2, 0.25) is 0 Å². The molecule has 2 aromatic heterocycles. The lowest BCUT2D eigenvalue weighted by Crippen LogP contribution is -2.02. The topological polar surface area (TPSA) is 53.6 Å². The third-order valence-corrected chi connectivity index (χ3v) is 2.62. The van der Waals surface area contributed by atoms with Crippen LogP contribution in [0, 0.1) is 20.8 Å². The second-order valence-electron chi connectivity index (χ2n) is 4.02. The minimum absolute atomic E-state index is 0.777. The summed E-state index contributed by atoms with van der Waals surface area (Å²) in [6, 6.07) is 2.08. The van der Waals surface area contributed by atoms with Crippen LogP contribution < -0.4 is 5.32 Å². The zero-order valence-corrected chi connectivity index (χ0v) is 9.83. The fourth-order valence-corrected chi connectivity index (χ4v) is 1.68. The minimum Gasteiger partial charge on any atom is -0.380 e. The van der Waals surface area contributed by atoms with Gasteiger partial charge in [-0.15, -0.1) is 0 Å². The van der Waals surface area contributed by atoms with Crippen LogP contribution in [-0.2, 0) is 6.54 Å². The third-order valence-electron chi connectivity index (χ3n) is 2.62. The Morgan fingerprint density at radius 2 is 2.06 bits per heavy atom. The number of pyridine rings is 1. The van der Waals surface area contributed by atoms with E-state index in [1.807, 2.05) is 33.2 Å². The summed E-state index contributed by atoms with van der Waals surface area (Å²) in [6.45, 7) is 6.85. The Hall–Kier alpha value is -1.84. The molecule has 0 saturated carbocycles. The van der Waals surface area contributed by atoms with Gasteiger partial charge in [0.15, 0.2) is 0 Å². The van der Waals surface area contributed by atoms with E-state index in [4.69, 9.17) is 0 Å². The Morgan fingerprint density at radius 3 is 2.69 bits per heavy atom. The van der Waals surface area contributed by atoms with Crippen molar-refractivity contribution in [3.63, 3.8) is 0 Å². The minimum atomic E-state index is 0.777. The molecule has 0 unspecified atom stereocenters. The lowest BCUT2D eigenvalue weighted by molar-refractivity contribution is 1.02. The van der Waals surface area contributed by atoms with Crippen molar-refractivity contribution in [2.24, 2.45) is 0 Å². The molecule has 4 heteroatoms. The van der Waals surface area contributed by atoms with Crippen LogP contribution in [0.4, 0.5) is 5.69 Å².